The molecule has 7 heteroatoms. The van der Waals surface area contributed by atoms with Crippen molar-refractivity contribution in [2.45, 2.75) is 71.1 Å². The Hall–Kier alpha value is -2.41. The highest BCUT2D eigenvalue weighted by atomic mass is 16.3. The lowest BCUT2D eigenvalue weighted by Crippen LogP contribution is -2.51. The van der Waals surface area contributed by atoms with Gasteiger partial charge >= 0.3 is 6.03 Å². The Kier molecular flexibility index (Phi) is 5.11. The van der Waals surface area contributed by atoms with Crippen molar-refractivity contribution < 1.29 is 14.7 Å². The zero-order valence-corrected chi connectivity index (χ0v) is 17.4. The summed E-state index contributed by atoms with van der Waals surface area (Å²) in [6.45, 7) is 6.18. The molecule has 0 bridgehead atoms. The van der Waals surface area contributed by atoms with Crippen LogP contribution in [-0.2, 0) is 11.3 Å². The van der Waals surface area contributed by atoms with Gasteiger partial charge in [-0.1, -0.05) is 19.3 Å². The normalized spacial score (nSPS) is 24.3. The Balaban J connectivity index is 1.47. The molecule has 4 rings (SSSR count). The number of carbonyl (C=O) groups excluding carboxylic acids is 2. The topological polar surface area (TPSA) is 87.5 Å². The molecule has 2 atom stereocenters. The average Bonchev–Trinajstić information content (AvgIpc) is 3.17. The molecule has 2 aromatic rings. The first-order valence-electron chi connectivity index (χ1n) is 10.5. The number of hydrogen-bond donors (Lipinski definition) is 2. The number of aryl methyl sites for hydroxylation is 2. The minimum absolute atomic E-state index is 0.0164. The predicted octanol–water partition coefficient (Wildman–Crippen LogP) is 2.90. The average molecular weight is 399 g/mol. The number of hydrogen-bond acceptors (Lipinski definition) is 4. The minimum atomic E-state index is -0.864. The largest absolute Gasteiger partial charge is 0.389 e. The lowest BCUT2D eigenvalue weighted by atomic mass is 9.75. The third kappa shape index (κ3) is 3.52. The fourth-order valence-corrected chi connectivity index (χ4v) is 4.79. The molecule has 2 N–H and O–H groups in total. The molecule has 2 aliphatic rings. The summed E-state index contributed by atoms with van der Waals surface area (Å²) < 4.78 is 1.88. The van der Waals surface area contributed by atoms with Gasteiger partial charge in [-0.2, -0.15) is 0 Å². The third-order valence-corrected chi connectivity index (χ3v) is 6.76. The molecule has 0 radical (unpaired) electrons. The van der Waals surface area contributed by atoms with E-state index in [2.05, 4.69) is 16.4 Å². The number of amides is 3. The number of carbonyl (C=O) groups is 2. The summed E-state index contributed by atoms with van der Waals surface area (Å²) in [7, 11) is 0. The van der Waals surface area contributed by atoms with Crippen LogP contribution in [0.4, 0.5) is 4.79 Å². The number of imide groups is 1. The van der Waals surface area contributed by atoms with Crippen LogP contribution in [0.3, 0.4) is 0 Å². The Morgan fingerprint density at radius 2 is 1.86 bits per heavy atom. The summed E-state index contributed by atoms with van der Waals surface area (Å²) in [4.78, 5) is 31.2. The molecule has 2 fully saturated rings. The highest BCUT2D eigenvalue weighted by Crippen LogP contribution is 2.36. The molecule has 2 heterocycles. The highest BCUT2D eigenvalue weighted by molar-refractivity contribution is 6.07. The van der Waals surface area contributed by atoms with Gasteiger partial charge < -0.3 is 15.0 Å². The number of aliphatic hydroxyl groups is 1. The second-order valence-corrected chi connectivity index (χ2v) is 8.86. The number of imidazole rings is 1. The van der Waals surface area contributed by atoms with Gasteiger partial charge in [0.15, 0.2) is 0 Å². The van der Waals surface area contributed by atoms with Crippen LogP contribution in [0.15, 0.2) is 18.5 Å². The summed E-state index contributed by atoms with van der Waals surface area (Å²) >= 11 is 0. The van der Waals surface area contributed by atoms with Crippen LogP contribution >= 0.6 is 0 Å². The van der Waals surface area contributed by atoms with E-state index < -0.39 is 17.7 Å². The van der Waals surface area contributed by atoms with E-state index in [-0.39, 0.29) is 24.9 Å². The Morgan fingerprint density at radius 1 is 1.17 bits per heavy atom. The van der Waals surface area contributed by atoms with Gasteiger partial charge in [0.1, 0.15) is 5.54 Å². The molecular weight excluding hydrogens is 368 g/mol. The molecule has 1 aromatic carbocycles. The van der Waals surface area contributed by atoms with Gasteiger partial charge in [-0.05, 0) is 62.8 Å². The number of nitrogens with one attached hydrogen (secondary N) is 1. The van der Waals surface area contributed by atoms with E-state index in [4.69, 9.17) is 0 Å². The molecule has 2 unspecified atom stereocenters. The smallest absolute Gasteiger partial charge is 0.325 e. The van der Waals surface area contributed by atoms with Crippen LogP contribution in [0.1, 0.15) is 50.2 Å². The summed E-state index contributed by atoms with van der Waals surface area (Å²) in [5, 5.41) is 13.6. The maximum Gasteiger partial charge on any atom is 0.325 e. The van der Waals surface area contributed by atoms with Gasteiger partial charge in [-0.15, -0.1) is 0 Å². The molecule has 1 aliphatic heterocycles. The fraction of sp³-hybridized carbons (Fsp3) is 0.591. The van der Waals surface area contributed by atoms with Crippen molar-refractivity contribution in [1.29, 1.82) is 0 Å². The Bertz CT molecular complexity index is 947. The fourth-order valence-electron chi connectivity index (χ4n) is 4.79. The van der Waals surface area contributed by atoms with E-state index in [9.17, 15) is 14.7 Å². The highest BCUT2D eigenvalue weighted by Gasteiger charge is 2.52. The number of rotatable bonds is 5. The number of β-amino-alcohol motifs (C(OH)–C–C–N with tert-alkyl or cyclic N) is 1. The van der Waals surface area contributed by atoms with Crippen molar-refractivity contribution in [2.75, 3.05) is 6.54 Å². The second-order valence-electron chi connectivity index (χ2n) is 8.86. The first kappa shape index (κ1) is 19.9. The molecule has 0 spiro atoms. The molecular formula is C22H30N4O3. The van der Waals surface area contributed by atoms with Crippen molar-refractivity contribution >= 4 is 23.0 Å². The lowest BCUT2D eigenvalue weighted by molar-refractivity contribution is -0.134. The van der Waals surface area contributed by atoms with Gasteiger partial charge in [-0.3, -0.25) is 9.69 Å². The van der Waals surface area contributed by atoms with E-state index >= 15 is 0 Å². The summed E-state index contributed by atoms with van der Waals surface area (Å²) in [5.74, 6) is -0.0472. The summed E-state index contributed by atoms with van der Waals surface area (Å²) in [6, 6.07) is 3.68. The first-order chi connectivity index (χ1) is 13.8. The van der Waals surface area contributed by atoms with Crippen molar-refractivity contribution in [3.8, 4) is 0 Å². The Morgan fingerprint density at radius 3 is 2.59 bits per heavy atom. The van der Waals surface area contributed by atoms with E-state index in [1.165, 1.54) is 16.9 Å². The summed E-state index contributed by atoms with van der Waals surface area (Å²) in [6.07, 6.45) is 6.13. The minimum Gasteiger partial charge on any atom is -0.389 e. The monoisotopic (exact) mass is 398 g/mol. The first-order valence-corrected chi connectivity index (χ1v) is 10.5. The number of nitrogens with zero attached hydrogens (tertiary/aromatic N) is 3. The van der Waals surface area contributed by atoms with Gasteiger partial charge in [0.05, 0.1) is 36.6 Å². The molecule has 1 aromatic heterocycles. The summed E-state index contributed by atoms with van der Waals surface area (Å²) in [5.41, 5.74) is 3.29. The number of urea groups is 1. The van der Waals surface area contributed by atoms with Crippen molar-refractivity contribution in [3.63, 3.8) is 0 Å². The van der Waals surface area contributed by atoms with Crippen LogP contribution in [0.2, 0.25) is 0 Å². The quantitative estimate of drug-likeness (QED) is 0.758. The van der Waals surface area contributed by atoms with E-state index in [1.807, 2.05) is 31.4 Å². The van der Waals surface area contributed by atoms with Crippen LogP contribution in [0.5, 0.6) is 0 Å². The van der Waals surface area contributed by atoms with Gasteiger partial charge in [-0.25, -0.2) is 9.78 Å². The SMILES string of the molecule is Cc1cc2ncn(CC(O)CN3C(=O)NC(C)(C4CCCCC4)C3=O)c2cc1C. The van der Waals surface area contributed by atoms with Crippen molar-refractivity contribution in [2.24, 2.45) is 5.92 Å². The molecule has 156 valence electrons. The third-order valence-electron chi connectivity index (χ3n) is 6.76. The van der Waals surface area contributed by atoms with E-state index in [1.54, 1.807) is 6.33 Å². The van der Waals surface area contributed by atoms with Crippen LogP contribution in [-0.4, -0.2) is 49.7 Å². The van der Waals surface area contributed by atoms with Crippen LogP contribution in [0.25, 0.3) is 11.0 Å². The van der Waals surface area contributed by atoms with E-state index in [0.29, 0.717) is 0 Å². The molecule has 7 nitrogen and oxygen atoms in total. The van der Waals surface area contributed by atoms with Crippen molar-refractivity contribution in [1.82, 2.24) is 19.8 Å². The molecule has 1 saturated heterocycles. The molecule has 1 saturated carbocycles. The number of aromatic nitrogens is 2. The zero-order valence-electron chi connectivity index (χ0n) is 17.4. The number of benzene rings is 1. The van der Waals surface area contributed by atoms with Crippen LogP contribution < -0.4 is 5.32 Å². The zero-order chi connectivity index (χ0) is 20.8. The van der Waals surface area contributed by atoms with Crippen molar-refractivity contribution in [3.05, 3.63) is 29.6 Å². The Labute approximate surface area is 171 Å². The molecule has 29 heavy (non-hydrogen) atoms. The predicted molar refractivity (Wildman–Crippen MR) is 110 cm³/mol. The lowest BCUT2D eigenvalue weighted by Gasteiger charge is -2.34. The van der Waals surface area contributed by atoms with Gasteiger partial charge in [0.2, 0.25) is 0 Å². The standard InChI is InChI=1S/C22H30N4O3/c1-14-9-18-19(10-15(14)2)25(13-23-18)11-17(27)12-26-20(28)22(3,24-21(26)29)16-7-5-4-6-8-16/h9-10,13,16-17,27H,4-8,11-12H2,1-3H3,(H,24,29). The second kappa shape index (κ2) is 7.44. The number of aliphatic hydroxyl groups excluding tert-OH is 1. The molecule has 3 amide bonds. The van der Waals surface area contributed by atoms with Crippen LogP contribution in [0, 0.1) is 19.8 Å². The number of fused-ring (bicyclic) bond motifs is 1. The van der Waals surface area contributed by atoms with E-state index in [0.717, 1.165) is 42.3 Å². The maximum absolute atomic E-state index is 13.1. The van der Waals surface area contributed by atoms with Gasteiger partial charge in [0.25, 0.3) is 5.91 Å². The van der Waals surface area contributed by atoms with Gasteiger partial charge in [0, 0.05) is 0 Å². The molecule has 1 aliphatic carbocycles. The maximum atomic E-state index is 13.1.